The van der Waals surface area contributed by atoms with E-state index >= 15 is 0 Å². The summed E-state index contributed by atoms with van der Waals surface area (Å²) in [5, 5.41) is 0. The molecule has 0 aliphatic rings. The maximum Gasteiger partial charge on any atom is 0.0390 e. The minimum atomic E-state index is 0. The van der Waals surface area contributed by atoms with E-state index in [2.05, 4.69) is 50.2 Å². The third-order valence-electron chi connectivity index (χ3n) is 1.60. The average Bonchev–Trinajstić information content (AvgIpc) is 1.88. The molecule has 62 valence electrons. The van der Waals surface area contributed by atoms with Crippen LogP contribution in [-0.2, 0) is 0 Å². The first-order valence-electron chi connectivity index (χ1n) is 3.45. The minimum Gasteiger partial charge on any atom is -0.377 e. The number of nitrogens with zero attached hydrogens (tertiary/aromatic N) is 1. The van der Waals surface area contributed by atoms with E-state index < -0.39 is 0 Å². The quantitative estimate of drug-likeness (QED) is 0.628. The first-order valence-corrected chi connectivity index (χ1v) is 3.45. The van der Waals surface area contributed by atoms with E-state index in [1.165, 1.54) is 11.3 Å². The Morgan fingerprint density at radius 3 is 2.00 bits per heavy atom. The fourth-order valence-electron chi connectivity index (χ4n) is 1.07. The van der Waals surface area contributed by atoms with Crippen molar-refractivity contribution in [3.63, 3.8) is 0 Å². The number of hydrogen-bond donors (Lipinski definition) is 0. The van der Waals surface area contributed by atoms with Crippen LogP contribution in [0.1, 0.15) is 5.56 Å². The lowest BCUT2D eigenvalue weighted by Crippen LogP contribution is -2.09. The van der Waals surface area contributed by atoms with Gasteiger partial charge in [-0.3, -0.25) is 0 Å². The molecule has 11 heavy (non-hydrogen) atoms. The summed E-state index contributed by atoms with van der Waals surface area (Å²) in [5.41, 5.74) is 2.62. The van der Waals surface area contributed by atoms with Gasteiger partial charge in [0.1, 0.15) is 0 Å². The zero-order chi connectivity index (χ0) is 7.56. The molecule has 0 unspecified atom stereocenters. The normalized spacial score (nSPS) is 8.64. The van der Waals surface area contributed by atoms with Crippen LogP contribution in [0.2, 0.25) is 0 Å². The van der Waals surface area contributed by atoms with Crippen molar-refractivity contribution in [2.75, 3.05) is 19.0 Å². The molecule has 1 rings (SSSR count). The fourth-order valence-corrected chi connectivity index (χ4v) is 1.07. The van der Waals surface area contributed by atoms with E-state index in [1.807, 2.05) is 0 Å². The van der Waals surface area contributed by atoms with Gasteiger partial charge in [-0.25, -0.2) is 0 Å². The summed E-state index contributed by atoms with van der Waals surface area (Å²) in [6.07, 6.45) is 0. The zero-order valence-corrected chi connectivity index (χ0v) is 7.98. The Morgan fingerprint density at radius 1 is 1.09 bits per heavy atom. The van der Waals surface area contributed by atoms with Gasteiger partial charge >= 0.3 is 0 Å². The molecule has 0 radical (unpaired) electrons. The van der Waals surface area contributed by atoms with E-state index in [0.717, 1.165) is 0 Å². The second-order valence-electron chi connectivity index (χ2n) is 2.68. The number of aryl methyl sites for hydroxylation is 1. The van der Waals surface area contributed by atoms with Gasteiger partial charge < -0.3 is 4.90 Å². The van der Waals surface area contributed by atoms with Crippen molar-refractivity contribution < 1.29 is 0 Å². The topological polar surface area (TPSA) is 3.24 Å². The number of hydrogen-bond acceptors (Lipinski definition) is 1. The van der Waals surface area contributed by atoms with Crippen molar-refractivity contribution in [2.24, 2.45) is 0 Å². The van der Waals surface area contributed by atoms with Crippen molar-refractivity contribution in [1.29, 1.82) is 0 Å². The van der Waals surface area contributed by atoms with Crippen molar-refractivity contribution in [3.05, 3.63) is 29.8 Å². The largest absolute Gasteiger partial charge is 0.377 e. The summed E-state index contributed by atoms with van der Waals surface area (Å²) >= 11 is 0. The number of benzene rings is 1. The summed E-state index contributed by atoms with van der Waals surface area (Å²) in [6, 6.07) is 8.36. The van der Waals surface area contributed by atoms with Gasteiger partial charge in [0.15, 0.2) is 0 Å². The van der Waals surface area contributed by atoms with Crippen LogP contribution in [0.15, 0.2) is 24.3 Å². The van der Waals surface area contributed by atoms with Crippen LogP contribution in [-0.4, -0.2) is 14.1 Å². The fraction of sp³-hybridized carbons (Fsp3) is 0.333. The molecular weight excluding hydrogens is 158 g/mol. The molecule has 0 heterocycles. The number of halogens is 1. The number of anilines is 1. The standard InChI is InChI=1S/C9H13N.ClH/c1-8-6-4-5-7-9(8)10(2)3;/h4-7H,1-3H3;1H. The third kappa shape index (κ3) is 2.43. The SMILES string of the molecule is Cc1ccccc1N(C)C.Cl. The van der Waals surface area contributed by atoms with Crippen molar-refractivity contribution in [2.45, 2.75) is 6.92 Å². The van der Waals surface area contributed by atoms with Gasteiger partial charge in [0.05, 0.1) is 0 Å². The molecule has 0 N–H and O–H groups in total. The Labute approximate surface area is 74.4 Å². The molecule has 1 aromatic rings. The minimum absolute atomic E-state index is 0. The third-order valence-corrected chi connectivity index (χ3v) is 1.60. The molecule has 0 aromatic heterocycles. The molecule has 0 fully saturated rings. The molecule has 0 amide bonds. The first-order chi connectivity index (χ1) is 4.72. The summed E-state index contributed by atoms with van der Waals surface area (Å²) < 4.78 is 0. The van der Waals surface area contributed by atoms with Gasteiger partial charge in [-0.1, -0.05) is 18.2 Å². The van der Waals surface area contributed by atoms with Gasteiger partial charge in [-0.15, -0.1) is 12.4 Å². The number of para-hydroxylation sites is 1. The summed E-state index contributed by atoms with van der Waals surface area (Å²) in [4.78, 5) is 2.12. The predicted octanol–water partition coefficient (Wildman–Crippen LogP) is 2.48. The van der Waals surface area contributed by atoms with Crippen LogP contribution >= 0.6 is 12.4 Å². The molecule has 1 aromatic carbocycles. The maximum absolute atomic E-state index is 2.12. The lowest BCUT2D eigenvalue weighted by molar-refractivity contribution is 1.11. The molecule has 0 saturated carbocycles. The Balaban J connectivity index is 0.000001000. The molecule has 0 bridgehead atoms. The monoisotopic (exact) mass is 171 g/mol. The van der Waals surface area contributed by atoms with Gasteiger partial charge in [0.2, 0.25) is 0 Å². The zero-order valence-electron chi connectivity index (χ0n) is 7.16. The molecule has 1 nitrogen and oxygen atoms in total. The molecule has 0 saturated heterocycles. The van der Waals surface area contributed by atoms with Gasteiger partial charge in [-0.05, 0) is 18.6 Å². The van der Waals surface area contributed by atoms with E-state index in [1.54, 1.807) is 0 Å². The smallest absolute Gasteiger partial charge is 0.0390 e. The van der Waals surface area contributed by atoms with E-state index in [0.29, 0.717) is 0 Å². The van der Waals surface area contributed by atoms with Crippen LogP contribution in [0.4, 0.5) is 5.69 Å². The van der Waals surface area contributed by atoms with Crippen molar-refractivity contribution in [1.82, 2.24) is 0 Å². The van der Waals surface area contributed by atoms with E-state index in [-0.39, 0.29) is 12.4 Å². The highest BCUT2D eigenvalue weighted by Crippen LogP contribution is 2.15. The van der Waals surface area contributed by atoms with E-state index in [4.69, 9.17) is 0 Å². The summed E-state index contributed by atoms with van der Waals surface area (Å²) in [7, 11) is 4.12. The van der Waals surface area contributed by atoms with E-state index in [9.17, 15) is 0 Å². The Kier molecular flexibility index (Phi) is 3.98. The second kappa shape index (κ2) is 4.24. The van der Waals surface area contributed by atoms with Gasteiger partial charge in [0.25, 0.3) is 0 Å². The predicted molar refractivity (Wildman–Crippen MR) is 52.8 cm³/mol. The molecular formula is C9H14ClN. The first kappa shape index (κ1) is 10.3. The van der Waals surface area contributed by atoms with Crippen molar-refractivity contribution in [3.8, 4) is 0 Å². The Bertz CT molecular complexity index is 221. The van der Waals surface area contributed by atoms with Crippen LogP contribution in [0.25, 0.3) is 0 Å². The molecule has 2 heteroatoms. The van der Waals surface area contributed by atoms with Crippen LogP contribution < -0.4 is 4.90 Å². The average molecular weight is 172 g/mol. The summed E-state index contributed by atoms with van der Waals surface area (Å²) in [5.74, 6) is 0. The number of rotatable bonds is 1. The molecule has 0 aliphatic carbocycles. The Morgan fingerprint density at radius 2 is 1.64 bits per heavy atom. The van der Waals surface area contributed by atoms with Gasteiger partial charge in [0, 0.05) is 19.8 Å². The maximum atomic E-state index is 2.12. The van der Waals surface area contributed by atoms with Crippen LogP contribution in [0, 0.1) is 6.92 Å². The lowest BCUT2D eigenvalue weighted by atomic mass is 10.2. The van der Waals surface area contributed by atoms with Crippen LogP contribution in [0.5, 0.6) is 0 Å². The Hall–Kier alpha value is -0.690. The molecule has 0 atom stereocenters. The van der Waals surface area contributed by atoms with Gasteiger partial charge in [-0.2, -0.15) is 0 Å². The van der Waals surface area contributed by atoms with Crippen molar-refractivity contribution >= 4 is 18.1 Å². The molecule has 0 spiro atoms. The van der Waals surface area contributed by atoms with Crippen LogP contribution in [0.3, 0.4) is 0 Å². The second-order valence-corrected chi connectivity index (χ2v) is 2.68. The molecule has 0 aliphatic heterocycles. The highest BCUT2D eigenvalue weighted by Gasteiger charge is 1.95. The lowest BCUT2D eigenvalue weighted by Gasteiger charge is -2.14. The highest BCUT2D eigenvalue weighted by molar-refractivity contribution is 5.85. The highest BCUT2D eigenvalue weighted by atomic mass is 35.5. The summed E-state index contributed by atoms with van der Waals surface area (Å²) in [6.45, 7) is 2.12.